The van der Waals surface area contributed by atoms with E-state index < -0.39 is 17.3 Å². The van der Waals surface area contributed by atoms with Gasteiger partial charge in [0.15, 0.2) is 0 Å². The lowest BCUT2D eigenvalue weighted by Crippen LogP contribution is -2.19. The normalized spacial score (nSPS) is 12.5. The van der Waals surface area contributed by atoms with Crippen LogP contribution in [0.2, 0.25) is 0 Å². The second kappa shape index (κ2) is 6.53. The molecule has 0 aliphatic heterocycles. The number of aromatic nitrogens is 2. The van der Waals surface area contributed by atoms with E-state index in [1.807, 2.05) is 6.92 Å². The molecule has 2 aromatic heterocycles. The Morgan fingerprint density at radius 3 is 2.90 bits per heavy atom. The van der Waals surface area contributed by atoms with E-state index in [1.165, 1.54) is 6.07 Å². The molecule has 2 rings (SSSR count). The second-order valence-electron chi connectivity index (χ2n) is 4.91. The number of aryl methyl sites for hydroxylation is 1. The second-order valence-corrected chi connectivity index (χ2v) is 4.91. The van der Waals surface area contributed by atoms with Crippen LogP contribution in [0.1, 0.15) is 32.3 Å². The smallest absolute Gasteiger partial charge is 0.337 e. The molecule has 2 aromatic rings. The molecule has 0 aliphatic carbocycles. The fourth-order valence-corrected chi connectivity index (χ4v) is 1.96. The number of hydrogen-bond donors (Lipinski definition) is 2. The minimum Gasteiger partial charge on any atom is -0.462 e. The lowest BCUT2D eigenvalue weighted by atomic mass is 10.1. The largest absolute Gasteiger partial charge is 0.462 e. The van der Waals surface area contributed by atoms with E-state index in [0.717, 1.165) is 12.8 Å². The Bertz CT molecular complexity index is 732. The van der Waals surface area contributed by atoms with Crippen molar-refractivity contribution in [3.05, 3.63) is 32.4 Å². The van der Waals surface area contributed by atoms with E-state index >= 15 is 0 Å². The Labute approximate surface area is 120 Å². The molecule has 0 aliphatic rings. The molecule has 0 saturated heterocycles. The highest BCUT2D eigenvalue weighted by molar-refractivity contribution is 5.75. The van der Waals surface area contributed by atoms with Gasteiger partial charge in [-0.1, -0.05) is 13.3 Å². The Hall–Kier alpha value is -2.15. The number of unbranched alkanes of at least 4 members (excludes halogenated alkanes) is 1. The van der Waals surface area contributed by atoms with E-state index in [1.54, 1.807) is 6.92 Å². The minimum atomic E-state index is -0.700. The maximum absolute atomic E-state index is 12.1. The van der Waals surface area contributed by atoms with E-state index in [9.17, 15) is 9.59 Å². The van der Waals surface area contributed by atoms with Gasteiger partial charge in [-0.15, -0.1) is 0 Å². The molecule has 0 saturated carbocycles. The molecule has 21 heavy (non-hydrogen) atoms. The van der Waals surface area contributed by atoms with Crippen LogP contribution in [-0.4, -0.2) is 27.8 Å². The van der Waals surface area contributed by atoms with Crippen LogP contribution in [0.4, 0.5) is 0 Å². The van der Waals surface area contributed by atoms with Crippen LogP contribution >= 0.6 is 0 Å². The molecule has 0 aromatic carbocycles. The number of hydrogen-bond acceptors (Lipinski definition) is 6. The first kappa shape index (κ1) is 15.2. The molecular weight excluding hydrogens is 276 g/mol. The molecule has 0 spiro atoms. The molecule has 7 heteroatoms. The van der Waals surface area contributed by atoms with Crippen molar-refractivity contribution >= 4 is 11.1 Å². The third-order valence-corrected chi connectivity index (χ3v) is 2.94. The van der Waals surface area contributed by atoms with Gasteiger partial charge >= 0.3 is 5.63 Å². The Morgan fingerprint density at radius 2 is 2.24 bits per heavy atom. The molecule has 7 nitrogen and oxygen atoms in total. The van der Waals surface area contributed by atoms with Gasteiger partial charge in [0, 0.05) is 6.07 Å². The standard InChI is InChI=1S/C14H18N2O5/c1-3-4-5-9-6-10(18)21-13-11(9)12(19)15-14(16-13)20-7-8(2)17/h6,8,17H,3-5,7H2,1-2H3,(H,15,16,19). The number of aromatic amines is 1. The number of H-pyrrole nitrogens is 1. The minimum absolute atomic E-state index is 0.0196. The molecule has 1 unspecified atom stereocenters. The maximum Gasteiger partial charge on any atom is 0.337 e. The Kier molecular flexibility index (Phi) is 4.74. The quantitative estimate of drug-likeness (QED) is 0.822. The summed E-state index contributed by atoms with van der Waals surface area (Å²) in [6.45, 7) is 3.55. The van der Waals surface area contributed by atoms with Crippen LogP contribution in [0.25, 0.3) is 11.1 Å². The number of fused-ring (bicyclic) bond motifs is 1. The van der Waals surface area contributed by atoms with Gasteiger partial charge in [0.2, 0.25) is 5.71 Å². The van der Waals surface area contributed by atoms with Gasteiger partial charge in [0.1, 0.15) is 12.0 Å². The number of rotatable bonds is 6. The van der Waals surface area contributed by atoms with Crippen LogP contribution in [0.3, 0.4) is 0 Å². The van der Waals surface area contributed by atoms with Gasteiger partial charge in [-0.2, -0.15) is 4.98 Å². The molecule has 2 heterocycles. The number of nitrogens with zero attached hydrogens (tertiary/aromatic N) is 1. The lowest BCUT2D eigenvalue weighted by molar-refractivity contribution is 0.116. The van der Waals surface area contributed by atoms with Crippen molar-refractivity contribution in [2.24, 2.45) is 0 Å². The van der Waals surface area contributed by atoms with Gasteiger partial charge < -0.3 is 14.3 Å². The van der Waals surface area contributed by atoms with Crippen molar-refractivity contribution in [1.29, 1.82) is 0 Å². The summed E-state index contributed by atoms with van der Waals surface area (Å²) in [5, 5.41) is 9.43. The topological polar surface area (TPSA) is 105 Å². The molecule has 0 fully saturated rings. The highest BCUT2D eigenvalue weighted by Crippen LogP contribution is 2.15. The number of nitrogens with one attached hydrogen (secondary N) is 1. The predicted molar refractivity (Wildman–Crippen MR) is 76.7 cm³/mol. The van der Waals surface area contributed by atoms with E-state index in [4.69, 9.17) is 14.3 Å². The van der Waals surface area contributed by atoms with Gasteiger partial charge in [-0.25, -0.2) is 4.79 Å². The van der Waals surface area contributed by atoms with Gasteiger partial charge in [0.25, 0.3) is 11.6 Å². The maximum atomic E-state index is 12.1. The third kappa shape index (κ3) is 3.69. The molecule has 114 valence electrons. The van der Waals surface area contributed by atoms with E-state index in [2.05, 4.69) is 9.97 Å². The molecular formula is C14H18N2O5. The van der Waals surface area contributed by atoms with Gasteiger partial charge in [0.05, 0.1) is 6.10 Å². The fraction of sp³-hybridized carbons (Fsp3) is 0.500. The molecule has 0 amide bonds. The summed E-state index contributed by atoms with van der Waals surface area (Å²) in [4.78, 5) is 30.2. The first-order valence-corrected chi connectivity index (χ1v) is 6.89. The SMILES string of the molecule is CCCCc1cc(=O)oc2nc(OCC(C)O)[nH]c(=O)c12. The van der Waals surface area contributed by atoms with E-state index in [0.29, 0.717) is 12.0 Å². The zero-order valence-corrected chi connectivity index (χ0v) is 12.0. The average Bonchev–Trinajstić information content (AvgIpc) is 2.41. The van der Waals surface area contributed by atoms with Crippen molar-refractivity contribution in [2.75, 3.05) is 6.61 Å². The first-order valence-electron chi connectivity index (χ1n) is 6.89. The van der Waals surface area contributed by atoms with Crippen molar-refractivity contribution in [1.82, 2.24) is 9.97 Å². The molecule has 2 N–H and O–H groups in total. The summed E-state index contributed by atoms with van der Waals surface area (Å²) in [6.07, 6.45) is 1.71. The number of aliphatic hydroxyl groups excluding tert-OH is 1. The monoisotopic (exact) mass is 294 g/mol. The van der Waals surface area contributed by atoms with Crippen molar-refractivity contribution in [3.63, 3.8) is 0 Å². The number of aliphatic hydroxyl groups is 1. The highest BCUT2D eigenvalue weighted by atomic mass is 16.5. The summed E-state index contributed by atoms with van der Waals surface area (Å²) in [5.41, 5.74) is -0.388. The zero-order chi connectivity index (χ0) is 15.4. The number of ether oxygens (including phenoxy) is 1. The van der Waals surface area contributed by atoms with Gasteiger partial charge in [-0.3, -0.25) is 9.78 Å². The van der Waals surface area contributed by atoms with Crippen LogP contribution < -0.4 is 15.9 Å². The van der Waals surface area contributed by atoms with Gasteiger partial charge in [-0.05, 0) is 25.3 Å². The Morgan fingerprint density at radius 1 is 1.48 bits per heavy atom. The predicted octanol–water partition coefficient (Wildman–Crippen LogP) is 0.978. The summed E-state index contributed by atoms with van der Waals surface area (Å²) >= 11 is 0. The van der Waals surface area contributed by atoms with Crippen molar-refractivity contribution in [2.45, 2.75) is 39.2 Å². The zero-order valence-electron chi connectivity index (χ0n) is 12.0. The average molecular weight is 294 g/mol. The Balaban J connectivity index is 2.49. The van der Waals surface area contributed by atoms with Crippen LogP contribution in [0.5, 0.6) is 6.01 Å². The highest BCUT2D eigenvalue weighted by Gasteiger charge is 2.13. The summed E-state index contributed by atoms with van der Waals surface area (Å²) in [6, 6.07) is 1.25. The summed E-state index contributed by atoms with van der Waals surface area (Å²) < 4.78 is 10.1. The van der Waals surface area contributed by atoms with Crippen molar-refractivity contribution in [3.8, 4) is 6.01 Å². The summed E-state index contributed by atoms with van der Waals surface area (Å²) in [5.74, 6) is 0. The van der Waals surface area contributed by atoms with E-state index in [-0.39, 0.29) is 23.7 Å². The van der Waals surface area contributed by atoms with Crippen LogP contribution in [0, 0.1) is 0 Å². The lowest BCUT2D eigenvalue weighted by Gasteiger charge is -2.08. The molecule has 1 atom stereocenters. The third-order valence-electron chi connectivity index (χ3n) is 2.94. The first-order chi connectivity index (χ1) is 10.0. The van der Waals surface area contributed by atoms with Crippen LogP contribution in [-0.2, 0) is 6.42 Å². The fourth-order valence-electron chi connectivity index (χ4n) is 1.96. The molecule has 0 bridgehead atoms. The summed E-state index contributed by atoms with van der Waals surface area (Å²) in [7, 11) is 0. The van der Waals surface area contributed by atoms with Crippen molar-refractivity contribution < 1.29 is 14.3 Å². The molecule has 0 radical (unpaired) electrons. The van der Waals surface area contributed by atoms with Crippen LogP contribution in [0.15, 0.2) is 20.1 Å².